The van der Waals surface area contributed by atoms with Crippen molar-refractivity contribution in [1.82, 2.24) is 9.55 Å². The fourth-order valence-electron chi connectivity index (χ4n) is 3.69. The van der Waals surface area contributed by atoms with Crippen LogP contribution < -0.4 is 14.8 Å². The first-order valence-electron chi connectivity index (χ1n) is 9.42. The van der Waals surface area contributed by atoms with Gasteiger partial charge in [0.1, 0.15) is 28.8 Å². The number of aromatic nitrogens is 2. The Morgan fingerprint density at radius 1 is 1.17 bits per heavy atom. The van der Waals surface area contributed by atoms with Crippen molar-refractivity contribution in [2.24, 2.45) is 0 Å². The predicted octanol–water partition coefficient (Wildman–Crippen LogP) is 4.02. The van der Waals surface area contributed by atoms with Crippen LogP contribution in [0.25, 0.3) is 0 Å². The molecule has 150 valence electrons. The van der Waals surface area contributed by atoms with E-state index < -0.39 is 0 Å². The third kappa shape index (κ3) is 3.94. The van der Waals surface area contributed by atoms with Crippen LogP contribution in [0.3, 0.4) is 0 Å². The first kappa shape index (κ1) is 19.0. The molecular weight excluding hydrogens is 373 g/mol. The maximum Gasteiger partial charge on any atom is 0.275 e. The number of hydrogen-bond donors (Lipinski definition) is 1. The second-order valence-corrected chi connectivity index (χ2v) is 7.00. The fourth-order valence-corrected chi connectivity index (χ4v) is 3.69. The van der Waals surface area contributed by atoms with E-state index >= 15 is 0 Å². The Bertz CT molecular complexity index is 1030. The topological polar surface area (TPSA) is 65.4 Å². The zero-order chi connectivity index (χ0) is 20.4. The SMILES string of the molecule is COc1ccc([C@@H]2CCc3nc(C(=O)Nc4ccc(F)cc4)cn3C2)c(OC)c1. The van der Waals surface area contributed by atoms with Gasteiger partial charge >= 0.3 is 0 Å². The molecule has 0 fully saturated rings. The highest BCUT2D eigenvalue weighted by molar-refractivity contribution is 6.02. The molecule has 1 aliphatic rings. The maximum atomic E-state index is 13.0. The van der Waals surface area contributed by atoms with Crippen molar-refractivity contribution < 1.29 is 18.7 Å². The van der Waals surface area contributed by atoms with Crippen LogP contribution in [-0.2, 0) is 13.0 Å². The van der Waals surface area contributed by atoms with Crippen LogP contribution in [0.1, 0.15) is 34.2 Å². The van der Waals surface area contributed by atoms with Gasteiger partial charge in [-0.05, 0) is 42.3 Å². The van der Waals surface area contributed by atoms with Crippen LogP contribution in [0, 0.1) is 5.82 Å². The molecule has 1 aliphatic heterocycles. The van der Waals surface area contributed by atoms with E-state index in [9.17, 15) is 9.18 Å². The molecular formula is C22H22FN3O3. The highest BCUT2D eigenvalue weighted by atomic mass is 19.1. The lowest BCUT2D eigenvalue weighted by molar-refractivity contribution is 0.102. The van der Waals surface area contributed by atoms with E-state index in [0.717, 1.165) is 42.3 Å². The summed E-state index contributed by atoms with van der Waals surface area (Å²) in [6.07, 6.45) is 3.46. The number of rotatable bonds is 5. The van der Waals surface area contributed by atoms with Crippen LogP contribution >= 0.6 is 0 Å². The van der Waals surface area contributed by atoms with Gasteiger partial charge in [-0.3, -0.25) is 4.79 Å². The molecule has 0 aliphatic carbocycles. The zero-order valence-corrected chi connectivity index (χ0v) is 16.3. The number of carbonyl (C=O) groups is 1. The first-order chi connectivity index (χ1) is 14.1. The van der Waals surface area contributed by atoms with Gasteiger partial charge in [0.2, 0.25) is 0 Å². The van der Waals surface area contributed by atoms with Crippen molar-refractivity contribution >= 4 is 11.6 Å². The van der Waals surface area contributed by atoms with Crippen LogP contribution in [0.5, 0.6) is 11.5 Å². The summed E-state index contributed by atoms with van der Waals surface area (Å²) < 4.78 is 25.9. The number of aryl methyl sites for hydroxylation is 1. The molecule has 2 heterocycles. The van der Waals surface area contributed by atoms with Gasteiger partial charge in [0.25, 0.3) is 5.91 Å². The normalized spacial score (nSPS) is 15.5. The van der Waals surface area contributed by atoms with Crippen LogP contribution in [-0.4, -0.2) is 29.7 Å². The number of ether oxygens (including phenoxy) is 2. The monoisotopic (exact) mass is 395 g/mol. The van der Waals surface area contributed by atoms with E-state index in [1.165, 1.54) is 24.3 Å². The number of halogens is 1. The summed E-state index contributed by atoms with van der Waals surface area (Å²) in [6.45, 7) is 0.717. The number of imidazole rings is 1. The maximum absolute atomic E-state index is 13.0. The molecule has 0 saturated carbocycles. The summed E-state index contributed by atoms with van der Waals surface area (Å²) >= 11 is 0. The van der Waals surface area contributed by atoms with Crippen molar-refractivity contribution in [2.45, 2.75) is 25.3 Å². The van der Waals surface area contributed by atoms with Gasteiger partial charge in [-0.2, -0.15) is 0 Å². The Balaban J connectivity index is 1.51. The van der Waals surface area contributed by atoms with Crippen molar-refractivity contribution in [3.63, 3.8) is 0 Å². The molecule has 1 amide bonds. The molecule has 1 aromatic heterocycles. The van der Waals surface area contributed by atoms with Crippen LogP contribution in [0.4, 0.5) is 10.1 Å². The molecule has 0 unspecified atom stereocenters. The lowest BCUT2D eigenvalue weighted by atomic mass is 9.91. The number of hydrogen-bond acceptors (Lipinski definition) is 4. The minimum absolute atomic E-state index is 0.255. The van der Waals surface area contributed by atoms with Gasteiger partial charge < -0.3 is 19.4 Å². The molecule has 2 aromatic carbocycles. The Hall–Kier alpha value is -3.35. The number of nitrogens with zero attached hydrogens (tertiary/aromatic N) is 2. The molecule has 7 heteroatoms. The number of amides is 1. The number of nitrogens with one attached hydrogen (secondary N) is 1. The zero-order valence-electron chi connectivity index (χ0n) is 16.3. The second kappa shape index (κ2) is 7.95. The Labute approximate surface area is 168 Å². The Morgan fingerprint density at radius 3 is 2.69 bits per heavy atom. The number of benzene rings is 2. The number of methoxy groups -OCH3 is 2. The van der Waals surface area contributed by atoms with Crippen molar-refractivity contribution in [3.05, 3.63) is 71.6 Å². The molecule has 0 saturated heterocycles. The average Bonchev–Trinajstić information content (AvgIpc) is 3.18. The molecule has 0 radical (unpaired) electrons. The summed E-state index contributed by atoms with van der Waals surface area (Å²) in [6, 6.07) is 11.5. The lowest BCUT2D eigenvalue weighted by Crippen LogP contribution is -2.19. The summed E-state index contributed by atoms with van der Waals surface area (Å²) in [7, 11) is 3.28. The second-order valence-electron chi connectivity index (χ2n) is 7.00. The lowest BCUT2D eigenvalue weighted by Gasteiger charge is -2.25. The Kier molecular flexibility index (Phi) is 5.20. The van der Waals surface area contributed by atoms with Gasteiger partial charge in [-0.1, -0.05) is 6.07 Å². The highest BCUT2D eigenvalue weighted by Crippen LogP contribution is 2.36. The third-order valence-corrected chi connectivity index (χ3v) is 5.21. The van der Waals surface area contributed by atoms with Gasteiger partial charge in [0, 0.05) is 36.8 Å². The quantitative estimate of drug-likeness (QED) is 0.709. The third-order valence-electron chi connectivity index (χ3n) is 5.21. The average molecular weight is 395 g/mol. The highest BCUT2D eigenvalue weighted by Gasteiger charge is 2.25. The number of carbonyl (C=O) groups excluding carboxylic acids is 1. The molecule has 0 bridgehead atoms. The van der Waals surface area contributed by atoms with E-state index in [1.54, 1.807) is 20.4 Å². The van der Waals surface area contributed by atoms with Crippen molar-refractivity contribution in [2.75, 3.05) is 19.5 Å². The minimum Gasteiger partial charge on any atom is -0.497 e. The standard InChI is InChI=1S/C22H22FN3O3/c1-28-17-8-9-18(20(11-17)29-2)14-3-10-21-25-19(13-26(21)12-14)22(27)24-16-6-4-15(23)5-7-16/h4-9,11,13-14H,3,10,12H2,1-2H3,(H,24,27)/t14-/m1/s1. The molecule has 29 heavy (non-hydrogen) atoms. The summed E-state index contributed by atoms with van der Waals surface area (Å²) in [5.74, 6) is 2.04. The van der Waals surface area contributed by atoms with Gasteiger partial charge in [0.15, 0.2) is 0 Å². The smallest absolute Gasteiger partial charge is 0.275 e. The van der Waals surface area contributed by atoms with Crippen molar-refractivity contribution in [3.8, 4) is 11.5 Å². The largest absolute Gasteiger partial charge is 0.497 e. The molecule has 6 nitrogen and oxygen atoms in total. The van der Waals surface area contributed by atoms with Gasteiger partial charge in [0.05, 0.1) is 14.2 Å². The van der Waals surface area contributed by atoms with Crippen molar-refractivity contribution in [1.29, 1.82) is 0 Å². The molecule has 1 N–H and O–H groups in total. The number of anilines is 1. The molecule has 1 atom stereocenters. The molecule has 4 rings (SSSR count). The minimum atomic E-state index is -0.347. The van der Waals surface area contributed by atoms with Crippen LogP contribution in [0.2, 0.25) is 0 Å². The summed E-state index contributed by atoms with van der Waals surface area (Å²) in [5, 5.41) is 2.75. The van der Waals surface area contributed by atoms with E-state index in [1.807, 2.05) is 22.8 Å². The predicted molar refractivity (Wildman–Crippen MR) is 107 cm³/mol. The summed E-state index contributed by atoms with van der Waals surface area (Å²) in [5.41, 5.74) is 2.00. The van der Waals surface area contributed by atoms with Gasteiger partial charge in [-0.15, -0.1) is 0 Å². The fraction of sp³-hybridized carbons (Fsp3) is 0.273. The molecule has 3 aromatic rings. The first-order valence-corrected chi connectivity index (χ1v) is 9.42. The summed E-state index contributed by atoms with van der Waals surface area (Å²) in [4.78, 5) is 17.0. The number of fused-ring (bicyclic) bond motifs is 1. The van der Waals surface area contributed by atoms with E-state index in [4.69, 9.17) is 9.47 Å². The van der Waals surface area contributed by atoms with Gasteiger partial charge in [-0.25, -0.2) is 9.37 Å². The molecule has 0 spiro atoms. The van der Waals surface area contributed by atoms with E-state index in [0.29, 0.717) is 11.4 Å². The Morgan fingerprint density at radius 2 is 1.97 bits per heavy atom. The van der Waals surface area contributed by atoms with Crippen LogP contribution in [0.15, 0.2) is 48.7 Å². The van der Waals surface area contributed by atoms with E-state index in [-0.39, 0.29) is 17.6 Å². The van der Waals surface area contributed by atoms with E-state index in [2.05, 4.69) is 10.3 Å².